The summed E-state index contributed by atoms with van der Waals surface area (Å²) in [5.41, 5.74) is 2.26. The number of rotatable bonds is 7. The first-order valence-corrected chi connectivity index (χ1v) is 11.4. The Hall–Kier alpha value is -4.99. The number of methoxy groups -OCH3 is 2. The lowest BCUT2D eigenvalue weighted by atomic mass is 10.1. The molecule has 37 heavy (non-hydrogen) atoms. The minimum atomic E-state index is -0.320. The number of carbonyl (C=O) groups is 1. The second-order valence-corrected chi connectivity index (χ2v) is 8.25. The van der Waals surface area contributed by atoms with Crippen LogP contribution < -0.4 is 20.2 Å². The number of pyridine rings is 2. The zero-order chi connectivity index (χ0) is 25.9. The molecule has 2 aromatic carbocycles. The molecule has 10 nitrogen and oxygen atoms in total. The number of aryl methyl sites for hydroxylation is 1. The Morgan fingerprint density at radius 3 is 2.30 bits per heavy atom. The number of amides is 1. The van der Waals surface area contributed by atoms with E-state index in [1.807, 2.05) is 6.92 Å². The van der Waals surface area contributed by atoms with Crippen LogP contribution in [0, 0.1) is 6.92 Å². The highest BCUT2D eigenvalue weighted by atomic mass is 16.5. The number of ether oxygens (including phenoxy) is 2. The third-order valence-electron chi connectivity index (χ3n) is 5.75. The summed E-state index contributed by atoms with van der Waals surface area (Å²) >= 11 is 0. The van der Waals surface area contributed by atoms with Crippen molar-refractivity contribution in [3.8, 4) is 34.3 Å². The highest BCUT2D eigenvalue weighted by molar-refractivity contribution is 5.92. The van der Waals surface area contributed by atoms with Crippen molar-refractivity contribution in [1.29, 1.82) is 0 Å². The van der Waals surface area contributed by atoms with Gasteiger partial charge in [0.2, 0.25) is 17.2 Å². The van der Waals surface area contributed by atoms with Crippen molar-refractivity contribution in [2.24, 2.45) is 0 Å². The molecule has 0 aliphatic heterocycles. The molecule has 5 aromatic rings. The monoisotopic (exact) mass is 497 g/mol. The van der Waals surface area contributed by atoms with Crippen LogP contribution in [-0.4, -0.2) is 39.8 Å². The van der Waals surface area contributed by atoms with Gasteiger partial charge in [0.1, 0.15) is 29.3 Å². The summed E-state index contributed by atoms with van der Waals surface area (Å²) in [6.45, 7) is 1.73. The number of hydrogen-bond donors (Lipinski definition) is 1. The van der Waals surface area contributed by atoms with E-state index >= 15 is 0 Å². The first-order valence-electron chi connectivity index (χ1n) is 11.4. The lowest BCUT2D eigenvalue weighted by molar-refractivity contribution is -0.116. The molecule has 0 fully saturated rings. The lowest BCUT2D eigenvalue weighted by Gasteiger charge is -2.12. The zero-order valence-electron chi connectivity index (χ0n) is 20.4. The molecule has 0 aliphatic carbocycles. The van der Waals surface area contributed by atoms with Gasteiger partial charge >= 0.3 is 0 Å². The minimum Gasteiger partial charge on any atom is -0.497 e. The second kappa shape index (κ2) is 9.94. The van der Waals surface area contributed by atoms with E-state index < -0.39 is 0 Å². The number of nitrogens with one attached hydrogen (secondary N) is 1. The van der Waals surface area contributed by atoms with E-state index in [9.17, 15) is 9.59 Å². The molecule has 0 radical (unpaired) electrons. The first-order chi connectivity index (χ1) is 17.9. The van der Waals surface area contributed by atoms with Gasteiger partial charge in [-0.15, -0.1) is 0 Å². The van der Waals surface area contributed by atoms with Gasteiger partial charge in [0, 0.05) is 23.1 Å². The molecule has 5 rings (SSSR count). The van der Waals surface area contributed by atoms with Crippen LogP contribution in [0.4, 0.5) is 5.69 Å². The number of fused-ring (bicyclic) bond motifs is 1. The van der Waals surface area contributed by atoms with E-state index in [-0.39, 0.29) is 29.3 Å². The number of anilines is 1. The molecule has 0 saturated heterocycles. The highest BCUT2D eigenvalue weighted by Crippen LogP contribution is 2.24. The molecule has 1 N–H and O–H groups in total. The Balaban J connectivity index is 1.50. The van der Waals surface area contributed by atoms with Crippen LogP contribution >= 0.6 is 0 Å². The molecule has 0 spiro atoms. The Morgan fingerprint density at radius 1 is 0.946 bits per heavy atom. The standard InChI is InChI=1S/C27H23N5O5/c1-16-4-13-21-24(34)22(27-30-25(31-37-27)17-5-9-19(35-2)10-6-17)14-32(26(21)28-16)15-23(33)29-18-7-11-20(36-3)12-8-18/h4-14H,15H2,1-3H3,(H,29,33). The Kier molecular flexibility index (Phi) is 6.38. The quantitative estimate of drug-likeness (QED) is 0.357. The fraction of sp³-hybridized carbons (Fsp3) is 0.148. The molecule has 0 aliphatic rings. The Bertz CT molecular complexity index is 1640. The van der Waals surface area contributed by atoms with Crippen molar-refractivity contribution in [3.63, 3.8) is 0 Å². The van der Waals surface area contributed by atoms with Crippen LogP contribution in [0.2, 0.25) is 0 Å². The van der Waals surface area contributed by atoms with Crippen LogP contribution in [0.15, 0.2) is 76.2 Å². The maximum absolute atomic E-state index is 13.3. The molecule has 3 aromatic heterocycles. The fourth-order valence-electron chi connectivity index (χ4n) is 3.85. The van der Waals surface area contributed by atoms with Crippen molar-refractivity contribution in [2.75, 3.05) is 19.5 Å². The minimum absolute atomic E-state index is 0.0441. The molecule has 0 atom stereocenters. The second-order valence-electron chi connectivity index (χ2n) is 8.25. The van der Waals surface area contributed by atoms with Crippen LogP contribution in [0.3, 0.4) is 0 Å². The average Bonchev–Trinajstić information content (AvgIpc) is 3.41. The summed E-state index contributed by atoms with van der Waals surface area (Å²) in [6, 6.07) is 17.6. The average molecular weight is 498 g/mol. The third kappa shape index (κ3) is 4.90. The van der Waals surface area contributed by atoms with Crippen molar-refractivity contribution in [2.45, 2.75) is 13.5 Å². The topological polar surface area (TPSA) is 121 Å². The van der Waals surface area contributed by atoms with Gasteiger partial charge < -0.3 is 23.9 Å². The highest BCUT2D eigenvalue weighted by Gasteiger charge is 2.19. The summed E-state index contributed by atoms with van der Waals surface area (Å²) < 4.78 is 17.4. The summed E-state index contributed by atoms with van der Waals surface area (Å²) in [6.07, 6.45) is 1.52. The SMILES string of the molecule is COc1ccc(NC(=O)Cn2cc(-c3nc(-c4ccc(OC)cc4)no3)c(=O)c3ccc(C)nc32)cc1. The Labute approximate surface area is 211 Å². The Morgan fingerprint density at radius 2 is 1.62 bits per heavy atom. The van der Waals surface area contributed by atoms with Crippen LogP contribution in [-0.2, 0) is 11.3 Å². The van der Waals surface area contributed by atoms with Crippen LogP contribution in [0.25, 0.3) is 33.9 Å². The molecular weight excluding hydrogens is 474 g/mol. The first kappa shape index (κ1) is 23.7. The molecule has 1 amide bonds. The van der Waals surface area contributed by atoms with E-state index in [1.165, 1.54) is 6.20 Å². The van der Waals surface area contributed by atoms with E-state index in [4.69, 9.17) is 14.0 Å². The van der Waals surface area contributed by atoms with Gasteiger partial charge in [0.25, 0.3) is 5.89 Å². The van der Waals surface area contributed by atoms with E-state index in [1.54, 1.807) is 79.5 Å². The van der Waals surface area contributed by atoms with Crippen molar-refractivity contribution in [1.82, 2.24) is 19.7 Å². The van der Waals surface area contributed by atoms with Gasteiger partial charge in [-0.25, -0.2) is 4.98 Å². The van der Waals surface area contributed by atoms with Gasteiger partial charge in [-0.1, -0.05) is 5.16 Å². The maximum Gasteiger partial charge on any atom is 0.263 e. The predicted octanol–water partition coefficient (Wildman–Crippen LogP) is 4.08. The fourth-order valence-corrected chi connectivity index (χ4v) is 3.85. The molecule has 0 bridgehead atoms. The van der Waals surface area contributed by atoms with E-state index in [2.05, 4.69) is 20.4 Å². The van der Waals surface area contributed by atoms with E-state index in [0.29, 0.717) is 45.3 Å². The molecule has 10 heteroatoms. The van der Waals surface area contributed by atoms with Crippen LogP contribution in [0.1, 0.15) is 5.69 Å². The van der Waals surface area contributed by atoms with Crippen LogP contribution in [0.5, 0.6) is 11.5 Å². The summed E-state index contributed by atoms with van der Waals surface area (Å²) in [4.78, 5) is 35.2. The lowest BCUT2D eigenvalue weighted by Crippen LogP contribution is -2.22. The molecule has 0 unspecified atom stereocenters. The molecule has 0 saturated carbocycles. The maximum atomic E-state index is 13.3. The summed E-state index contributed by atoms with van der Waals surface area (Å²) in [7, 11) is 3.16. The molecule has 186 valence electrons. The van der Waals surface area contributed by atoms with E-state index in [0.717, 1.165) is 0 Å². The van der Waals surface area contributed by atoms with Gasteiger partial charge in [-0.3, -0.25) is 9.59 Å². The summed E-state index contributed by atoms with van der Waals surface area (Å²) in [5, 5.41) is 7.22. The predicted molar refractivity (Wildman–Crippen MR) is 138 cm³/mol. The van der Waals surface area contributed by atoms with Gasteiger partial charge in [0.05, 0.1) is 19.6 Å². The number of carbonyl (C=O) groups excluding carboxylic acids is 1. The molecular formula is C27H23N5O5. The number of benzene rings is 2. The number of nitrogens with zero attached hydrogens (tertiary/aromatic N) is 4. The van der Waals surface area contributed by atoms with Gasteiger partial charge in [0.15, 0.2) is 0 Å². The van der Waals surface area contributed by atoms with Crippen molar-refractivity contribution in [3.05, 3.63) is 82.8 Å². The zero-order valence-corrected chi connectivity index (χ0v) is 20.4. The summed E-state index contributed by atoms with van der Waals surface area (Å²) in [5.74, 6) is 1.45. The largest absolute Gasteiger partial charge is 0.497 e. The van der Waals surface area contributed by atoms with Gasteiger partial charge in [-0.05, 0) is 67.6 Å². The van der Waals surface area contributed by atoms with Gasteiger partial charge in [-0.2, -0.15) is 4.98 Å². The van der Waals surface area contributed by atoms with Crippen molar-refractivity contribution < 1.29 is 18.8 Å². The smallest absolute Gasteiger partial charge is 0.263 e. The number of hydrogen-bond acceptors (Lipinski definition) is 8. The number of aromatic nitrogens is 4. The molecule has 3 heterocycles. The third-order valence-corrected chi connectivity index (χ3v) is 5.75. The normalized spacial score (nSPS) is 10.9. The van der Waals surface area contributed by atoms with Crippen molar-refractivity contribution >= 4 is 22.6 Å².